The number of carbonyl (C=O) groups excluding carboxylic acids is 1. The highest BCUT2D eigenvalue weighted by molar-refractivity contribution is 5.94. The summed E-state index contributed by atoms with van der Waals surface area (Å²) in [6, 6.07) is 4.09. The fraction of sp³-hybridized carbons (Fsp3) is 0.538. The fourth-order valence-electron chi connectivity index (χ4n) is 2.36. The van der Waals surface area contributed by atoms with Crippen LogP contribution in [0.3, 0.4) is 0 Å². The molecule has 0 spiro atoms. The van der Waals surface area contributed by atoms with Crippen LogP contribution in [0.5, 0.6) is 0 Å². The second-order valence-corrected chi connectivity index (χ2v) is 4.38. The van der Waals surface area contributed by atoms with Crippen molar-refractivity contribution in [2.24, 2.45) is 0 Å². The second-order valence-electron chi connectivity index (χ2n) is 4.38. The van der Waals surface area contributed by atoms with Gasteiger partial charge in [0.15, 0.2) is 0 Å². The summed E-state index contributed by atoms with van der Waals surface area (Å²) in [5, 5.41) is 2.95. The lowest BCUT2D eigenvalue weighted by Gasteiger charge is -2.23. The van der Waals surface area contributed by atoms with Gasteiger partial charge in [-0.25, -0.2) is 4.98 Å². The second kappa shape index (κ2) is 5.17. The van der Waals surface area contributed by atoms with Crippen LogP contribution in [-0.2, 0) is 0 Å². The topological polar surface area (TPSA) is 45.2 Å². The van der Waals surface area contributed by atoms with Crippen molar-refractivity contribution >= 4 is 11.7 Å². The zero-order valence-electron chi connectivity index (χ0n) is 10.4. The standard InChI is InChI=1S/C13H19N3O/c1-3-11-5-4-8-16(11)13(17)10-6-7-12(14-2)15-9-10/h6-7,9,11H,3-5,8H2,1-2H3,(H,14,15). The van der Waals surface area contributed by atoms with E-state index in [0.717, 1.165) is 31.6 Å². The summed E-state index contributed by atoms with van der Waals surface area (Å²) in [6.45, 7) is 3.02. The van der Waals surface area contributed by atoms with Crippen molar-refractivity contribution in [1.29, 1.82) is 0 Å². The van der Waals surface area contributed by atoms with Crippen LogP contribution in [0.15, 0.2) is 18.3 Å². The number of nitrogens with one attached hydrogen (secondary N) is 1. The summed E-state index contributed by atoms with van der Waals surface area (Å²) < 4.78 is 0. The molecule has 1 aliphatic rings. The van der Waals surface area contributed by atoms with Gasteiger partial charge >= 0.3 is 0 Å². The molecule has 1 aromatic heterocycles. The van der Waals surface area contributed by atoms with Crippen molar-refractivity contribution in [2.45, 2.75) is 32.2 Å². The molecule has 1 atom stereocenters. The van der Waals surface area contributed by atoms with Gasteiger partial charge in [-0.3, -0.25) is 4.79 Å². The van der Waals surface area contributed by atoms with Crippen molar-refractivity contribution < 1.29 is 4.79 Å². The van der Waals surface area contributed by atoms with E-state index in [-0.39, 0.29) is 5.91 Å². The van der Waals surface area contributed by atoms with Gasteiger partial charge < -0.3 is 10.2 Å². The Morgan fingerprint density at radius 2 is 2.41 bits per heavy atom. The third kappa shape index (κ3) is 2.40. The van der Waals surface area contributed by atoms with Crippen LogP contribution in [0.25, 0.3) is 0 Å². The first kappa shape index (κ1) is 11.9. The quantitative estimate of drug-likeness (QED) is 0.870. The van der Waals surface area contributed by atoms with E-state index in [0.29, 0.717) is 11.6 Å². The molecule has 1 N–H and O–H groups in total. The molecule has 4 heteroatoms. The van der Waals surface area contributed by atoms with E-state index in [9.17, 15) is 4.79 Å². The summed E-state index contributed by atoms with van der Waals surface area (Å²) in [4.78, 5) is 18.4. The molecule has 0 aliphatic carbocycles. The normalized spacial score (nSPS) is 19.4. The van der Waals surface area contributed by atoms with Crippen molar-refractivity contribution in [2.75, 3.05) is 18.9 Å². The minimum atomic E-state index is 0.115. The number of amides is 1. The molecule has 4 nitrogen and oxygen atoms in total. The van der Waals surface area contributed by atoms with Crippen LogP contribution in [-0.4, -0.2) is 35.4 Å². The first-order valence-electron chi connectivity index (χ1n) is 6.21. The number of nitrogens with zero attached hydrogens (tertiary/aromatic N) is 2. The van der Waals surface area contributed by atoms with Gasteiger partial charge in [0.05, 0.1) is 5.56 Å². The molecule has 0 aromatic carbocycles. The van der Waals surface area contributed by atoms with Crippen LogP contribution < -0.4 is 5.32 Å². The number of likely N-dealkylation sites (tertiary alicyclic amines) is 1. The van der Waals surface area contributed by atoms with E-state index in [1.807, 2.05) is 24.1 Å². The maximum atomic E-state index is 12.3. The SMILES string of the molecule is CCC1CCCN1C(=O)c1ccc(NC)nc1. The summed E-state index contributed by atoms with van der Waals surface area (Å²) in [7, 11) is 1.82. The third-order valence-corrected chi connectivity index (χ3v) is 3.38. The van der Waals surface area contributed by atoms with Gasteiger partial charge in [-0.1, -0.05) is 6.92 Å². The van der Waals surface area contributed by atoms with E-state index in [2.05, 4.69) is 17.2 Å². The van der Waals surface area contributed by atoms with Crippen LogP contribution >= 0.6 is 0 Å². The molecule has 0 radical (unpaired) electrons. The highest BCUT2D eigenvalue weighted by Crippen LogP contribution is 2.22. The highest BCUT2D eigenvalue weighted by Gasteiger charge is 2.27. The van der Waals surface area contributed by atoms with E-state index >= 15 is 0 Å². The van der Waals surface area contributed by atoms with Gasteiger partial charge in [-0.15, -0.1) is 0 Å². The molecule has 1 amide bonds. The summed E-state index contributed by atoms with van der Waals surface area (Å²) in [5.41, 5.74) is 0.685. The number of anilines is 1. The van der Waals surface area contributed by atoms with Gasteiger partial charge in [0.1, 0.15) is 5.82 Å². The van der Waals surface area contributed by atoms with E-state index in [4.69, 9.17) is 0 Å². The largest absolute Gasteiger partial charge is 0.373 e. The Morgan fingerprint density at radius 1 is 1.59 bits per heavy atom. The molecule has 1 aromatic rings. The Labute approximate surface area is 102 Å². The Hall–Kier alpha value is -1.58. The number of pyridine rings is 1. The molecular weight excluding hydrogens is 214 g/mol. The minimum absolute atomic E-state index is 0.115. The zero-order chi connectivity index (χ0) is 12.3. The van der Waals surface area contributed by atoms with Crippen molar-refractivity contribution in [3.8, 4) is 0 Å². The van der Waals surface area contributed by atoms with Crippen LogP contribution in [0, 0.1) is 0 Å². The molecule has 17 heavy (non-hydrogen) atoms. The van der Waals surface area contributed by atoms with Gasteiger partial charge in [-0.2, -0.15) is 0 Å². The third-order valence-electron chi connectivity index (χ3n) is 3.38. The number of rotatable bonds is 3. The molecule has 1 fully saturated rings. The Kier molecular flexibility index (Phi) is 3.61. The molecule has 2 rings (SSSR count). The number of carbonyl (C=O) groups is 1. The number of hydrogen-bond acceptors (Lipinski definition) is 3. The number of aromatic nitrogens is 1. The fourth-order valence-corrected chi connectivity index (χ4v) is 2.36. The molecule has 92 valence electrons. The predicted molar refractivity (Wildman–Crippen MR) is 68.1 cm³/mol. The summed E-state index contributed by atoms with van der Waals surface area (Å²) in [5.74, 6) is 0.902. The molecular formula is C13H19N3O. The van der Waals surface area contributed by atoms with Gasteiger partial charge in [-0.05, 0) is 31.4 Å². The average Bonchev–Trinajstić information content (AvgIpc) is 2.86. The Balaban J connectivity index is 2.13. The molecule has 1 saturated heterocycles. The van der Waals surface area contributed by atoms with Crippen molar-refractivity contribution in [3.05, 3.63) is 23.9 Å². The average molecular weight is 233 g/mol. The highest BCUT2D eigenvalue weighted by atomic mass is 16.2. The van der Waals surface area contributed by atoms with Crippen LogP contribution in [0.2, 0.25) is 0 Å². The smallest absolute Gasteiger partial charge is 0.255 e. The van der Waals surface area contributed by atoms with Gasteiger partial charge in [0, 0.05) is 25.8 Å². The first-order chi connectivity index (χ1) is 8.26. The first-order valence-corrected chi connectivity index (χ1v) is 6.21. The lowest BCUT2D eigenvalue weighted by Crippen LogP contribution is -2.35. The van der Waals surface area contributed by atoms with Crippen LogP contribution in [0.1, 0.15) is 36.5 Å². The van der Waals surface area contributed by atoms with E-state index in [1.54, 1.807) is 6.20 Å². The maximum absolute atomic E-state index is 12.3. The van der Waals surface area contributed by atoms with Gasteiger partial charge in [0.2, 0.25) is 0 Å². The Morgan fingerprint density at radius 3 is 3.00 bits per heavy atom. The monoisotopic (exact) mass is 233 g/mol. The molecule has 1 unspecified atom stereocenters. The summed E-state index contributed by atoms with van der Waals surface area (Å²) >= 11 is 0. The lowest BCUT2D eigenvalue weighted by atomic mass is 10.1. The van der Waals surface area contributed by atoms with Crippen LogP contribution in [0.4, 0.5) is 5.82 Å². The molecule has 1 aliphatic heterocycles. The minimum Gasteiger partial charge on any atom is -0.373 e. The van der Waals surface area contributed by atoms with Crippen molar-refractivity contribution in [1.82, 2.24) is 9.88 Å². The van der Waals surface area contributed by atoms with Gasteiger partial charge in [0.25, 0.3) is 5.91 Å². The molecule has 0 saturated carbocycles. The predicted octanol–water partition coefficient (Wildman–Crippen LogP) is 2.14. The van der Waals surface area contributed by atoms with E-state index in [1.165, 1.54) is 0 Å². The van der Waals surface area contributed by atoms with E-state index < -0.39 is 0 Å². The van der Waals surface area contributed by atoms with Crippen molar-refractivity contribution in [3.63, 3.8) is 0 Å². The maximum Gasteiger partial charge on any atom is 0.255 e. The molecule has 2 heterocycles. The number of hydrogen-bond donors (Lipinski definition) is 1. The lowest BCUT2D eigenvalue weighted by molar-refractivity contribution is 0.0733. The zero-order valence-corrected chi connectivity index (χ0v) is 10.4. The molecule has 0 bridgehead atoms. The Bertz CT molecular complexity index is 388. The summed E-state index contributed by atoms with van der Waals surface area (Å²) in [6.07, 6.45) is 4.93.